The SMILES string of the molecule is C[Si](C)(C)Oc1ncc([Si](C)(C)C)c(O[Si](C)(C)C)n1. The predicted molar refractivity (Wildman–Crippen MR) is 93.0 cm³/mol. The zero-order valence-corrected chi connectivity index (χ0v) is 17.3. The molecular formula is C13H28N2O2Si3. The van der Waals surface area contributed by atoms with Crippen LogP contribution in [0.5, 0.6) is 11.9 Å². The van der Waals surface area contributed by atoms with Crippen molar-refractivity contribution in [3.63, 3.8) is 0 Å². The smallest absolute Gasteiger partial charge is 0.305 e. The topological polar surface area (TPSA) is 44.2 Å². The predicted octanol–water partition coefficient (Wildman–Crippen LogP) is 3.45. The van der Waals surface area contributed by atoms with Crippen LogP contribution in [0.25, 0.3) is 0 Å². The summed E-state index contributed by atoms with van der Waals surface area (Å²) in [5, 5.41) is 1.17. The molecule has 4 nitrogen and oxygen atoms in total. The molecule has 1 rings (SSSR count). The Morgan fingerprint density at radius 2 is 1.30 bits per heavy atom. The monoisotopic (exact) mass is 328 g/mol. The van der Waals surface area contributed by atoms with E-state index in [0.717, 1.165) is 5.88 Å². The largest absolute Gasteiger partial charge is 0.531 e. The molecule has 0 amide bonds. The molecule has 1 aromatic heterocycles. The first-order chi connectivity index (χ1) is 8.78. The lowest BCUT2D eigenvalue weighted by Gasteiger charge is -2.26. The van der Waals surface area contributed by atoms with Crippen LogP contribution < -0.4 is 14.0 Å². The van der Waals surface area contributed by atoms with Crippen molar-refractivity contribution in [3.05, 3.63) is 6.20 Å². The van der Waals surface area contributed by atoms with E-state index in [9.17, 15) is 0 Å². The third-order valence-corrected chi connectivity index (χ3v) is 5.90. The van der Waals surface area contributed by atoms with Crippen molar-refractivity contribution < 1.29 is 8.85 Å². The van der Waals surface area contributed by atoms with E-state index in [0.29, 0.717) is 6.01 Å². The molecule has 7 heteroatoms. The summed E-state index contributed by atoms with van der Waals surface area (Å²) in [5.41, 5.74) is 0. The molecule has 0 atom stereocenters. The van der Waals surface area contributed by atoms with Gasteiger partial charge < -0.3 is 8.85 Å². The van der Waals surface area contributed by atoms with Crippen LogP contribution in [0.4, 0.5) is 0 Å². The molecule has 114 valence electrons. The van der Waals surface area contributed by atoms with Gasteiger partial charge in [0.05, 0.1) is 8.07 Å². The minimum absolute atomic E-state index is 0.458. The summed E-state index contributed by atoms with van der Waals surface area (Å²) in [4.78, 5) is 8.95. The van der Waals surface area contributed by atoms with Crippen molar-refractivity contribution in [3.8, 4) is 11.9 Å². The van der Waals surface area contributed by atoms with Crippen molar-refractivity contribution in [1.82, 2.24) is 9.97 Å². The second-order valence-corrected chi connectivity index (χ2v) is 21.9. The minimum atomic E-state index is -1.70. The molecule has 0 aliphatic rings. The van der Waals surface area contributed by atoms with Gasteiger partial charge in [0.25, 0.3) is 0 Å². The maximum Gasteiger partial charge on any atom is 0.305 e. The summed E-state index contributed by atoms with van der Waals surface area (Å²) in [6, 6.07) is 0.458. The Balaban J connectivity index is 3.22. The van der Waals surface area contributed by atoms with E-state index >= 15 is 0 Å². The molecule has 0 aromatic carbocycles. The lowest BCUT2D eigenvalue weighted by atomic mass is 10.6. The van der Waals surface area contributed by atoms with E-state index in [1.165, 1.54) is 5.19 Å². The number of hydrogen-bond donors (Lipinski definition) is 0. The van der Waals surface area contributed by atoms with Crippen molar-refractivity contribution >= 4 is 29.9 Å². The second kappa shape index (κ2) is 5.61. The average Bonchev–Trinajstić information content (AvgIpc) is 2.09. The molecular weight excluding hydrogens is 300 g/mol. The molecule has 0 spiro atoms. The highest BCUT2D eigenvalue weighted by Crippen LogP contribution is 2.19. The van der Waals surface area contributed by atoms with Crippen molar-refractivity contribution in [2.75, 3.05) is 0 Å². The van der Waals surface area contributed by atoms with Gasteiger partial charge in [-0.3, -0.25) is 0 Å². The molecule has 0 N–H and O–H groups in total. The molecule has 0 aliphatic carbocycles. The number of rotatable bonds is 5. The van der Waals surface area contributed by atoms with Crippen molar-refractivity contribution in [2.45, 2.75) is 58.9 Å². The highest BCUT2D eigenvalue weighted by molar-refractivity contribution is 6.89. The zero-order valence-electron chi connectivity index (χ0n) is 14.3. The van der Waals surface area contributed by atoms with Gasteiger partial charge >= 0.3 is 6.01 Å². The minimum Gasteiger partial charge on any atom is -0.531 e. The van der Waals surface area contributed by atoms with Crippen LogP contribution in [-0.4, -0.2) is 34.7 Å². The summed E-state index contributed by atoms with van der Waals surface area (Å²) in [5.74, 6) is 0.742. The quantitative estimate of drug-likeness (QED) is 0.777. The van der Waals surface area contributed by atoms with Crippen LogP contribution in [0.3, 0.4) is 0 Å². The molecule has 1 heterocycles. The van der Waals surface area contributed by atoms with Gasteiger partial charge in [-0.1, -0.05) is 19.6 Å². The Labute approximate surface area is 126 Å². The van der Waals surface area contributed by atoms with E-state index in [-0.39, 0.29) is 0 Å². The normalized spacial score (nSPS) is 13.2. The van der Waals surface area contributed by atoms with E-state index in [1.807, 2.05) is 6.20 Å². The Bertz CT molecular complexity index is 474. The van der Waals surface area contributed by atoms with E-state index in [4.69, 9.17) is 8.85 Å². The highest BCUT2D eigenvalue weighted by atomic mass is 28.4. The lowest BCUT2D eigenvalue weighted by molar-refractivity contribution is 0.478. The number of hydrogen-bond acceptors (Lipinski definition) is 4. The standard InChI is InChI=1S/C13H28N2O2Si3/c1-18(2,3)11-10-14-13(17-20(7,8)9)15-12(11)16-19(4,5)6/h10H,1-9H3. The van der Waals surface area contributed by atoms with Crippen molar-refractivity contribution in [1.29, 1.82) is 0 Å². The Kier molecular flexibility index (Phi) is 4.87. The average molecular weight is 329 g/mol. The van der Waals surface area contributed by atoms with E-state index in [2.05, 4.69) is 68.9 Å². The second-order valence-electron chi connectivity index (χ2n) is 8.05. The van der Waals surface area contributed by atoms with Gasteiger partial charge in [0.1, 0.15) is 0 Å². The Hall–Kier alpha value is -0.669. The van der Waals surface area contributed by atoms with Gasteiger partial charge in [-0.15, -0.1) is 0 Å². The maximum atomic E-state index is 6.17. The van der Waals surface area contributed by atoms with Crippen LogP contribution in [0.1, 0.15) is 0 Å². The van der Waals surface area contributed by atoms with E-state index in [1.54, 1.807) is 0 Å². The zero-order chi connectivity index (χ0) is 15.8. The van der Waals surface area contributed by atoms with Gasteiger partial charge in [0.15, 0.2) is 0 Å². The van der Waals surface area contributed by atoms with E-state index < -0.39 is 24.7 Å². The molecule has 0 saturated carbocycles. The number of aromatic nitrogens is 2. The van der Waals surface area contributed by atoms with Gasteiger partial charge in [0, 0.05) is 11.4 Å². The summed E-state index contributed by atoms with van der Waals surface area (Å²) >= 11 is 0. The Morgan fingerprint density at radius 1 is 0.800 bits per heavy atom. The molecule has 0 saturated heterocycles. The van der Waals surface area contributed by atoms with Crippen LogP contribution in [0, 0.1) is 0 Å². The first-order valence-electron chi connectivity index (χ1n) is 7.03. The lowest BCUT2D eigenvalue weighted by Crippen LogP contribution is -2.43. The fraction of sp³-hybridized carbons (Fsp3) is 0.692. The van der Waals surface area contributed by atoms with Crippen LogP contribution >= 0.6 is 0 Å². The molecule has 0 fully saturated rings. The van der Waals surface area contributed by atoms with Crippen LogP contribution in [0.2, 0.25) is 58.9 Å². The first-order valence-corrected chi connectivity index (χ1v) is 17.4. The van der Waals surface area contributed by atoms with Crippen molar-refractivity contribution in [2.24, 2.45) is 0 Å². The molecule has 0 radical (unpaired) electrons. The third-order valence-electron chi connectivity index (χ3n) is 2.34. The van der Waals surface area contributed by atoms with Gasteiger partial charge in [-0.05, 0) is 39.3 Å². The highest BCUT2D eigenvalue weighted by Gasteiger charge is 2.28. The van der Waals surface area contributed by atoms with Crippen LogP contribution in [-0.2, 0) is 0 Å². The molecule has 20 heavy (non-hydrogen) atoms. The maximum absolute atomic E-state index is 6.17. The molecule has 0 bridgehead atoms. The fourth-order valence-electron chi connectivity index (χ4n) is 1.56. The molecule has 1 aromatic rings. The van der Waals surface area contributed by atoms with Gasteiger partial charge in [0.2, 0.25) is 22.5 Å². The van der Waals surface area contributed by atoms with Gasteiger partial charge in [-0.25, -0.2) is 4.98 Å². The molecule has 0 aliphatic heterocycles. The summed E-state index contributed by atoms with van der Waals surface area (Å²) in [7, 11) is -4.93. The fourth-order valence-corrected chi connectivity index (χ4v) is 4.24. The first kappa shape index (κ1) is 17.4. The number of nitrogens with zero attached hydrogens (tertiary/aromatic N) is 2. The van der Waals surface area contributed by atoms with Gasteiger partial charge in [-0.2, -0.15) is 4.98 Å². The summed E-state index contributed by atoms with van der Waals surface area (Å²) in [6.07, 6.45) is 1.91. The summed E-state index contributed by atoms with van der Waals surface area (Å²) in [6.45, 7) is 19.7. The Morgan fingerprint density at radius 3 is 1.70 bits per heavy atom. The molecule has 0 unspecified atom stereocenters. The summed E-state index contributed by atoms with van der Waals surface area (Å²) < 4.78 is 12.1. The van der Waals surface area contributed by atoms with Crippen LogP contribution in [0.15, 0.2) is 6.20 Å². The third kappa shape index (κ3) is 5.76.